The second-order valence-electron chi connectivity index (χ2n) is 2.83. The fourth-order valence-corrected chi connectivity index (χ4v) is 1.19. The molecule has 0 saturated heterocycles. The zero-order valence-corrected chi connectivity index (χ0v) is 10.1. The summed E-state index contributed by atoms with van der Waals surface area (Å²) in [5.74, 6) is -0.0676. The average Bonchev–Trinajstić information content (AvgIpc) is 2.27. The van der Waals surface area contributed by atoms with Gasteiger partial charge in [-0.1, -0.05) is 18.2 Å². The van der Waals surface area contributed by atoms with Crippen LogP contribution in [-0.2, 0) is 0 Å². The number of hydrogen-bond acceptors (Lipinski definition) is 3. The molecule has 1 amide bonds. The molecule has 0 atom stereocenters. The summed E-state index contributed by atoms with van der Waals surface area (Å²) in [5, 5.41) is 3.41. The van der Waals surface area contributed by atoms with Crippen LogP contribution in [0.4, 0.5) is 0 Å². The topological polar surface area (TPSA) is 54.9 Å². The average molecular weight is 260 g/mol. The van der Waals surface area contributed by atoms with Crippen molar-refractivity contribution in [3.8, 4) is 0 Å². The molecular weight excluding hydrogens is 249 g/mol. The van der Waals surface area contributed by atoms with Crippen LogP contribution in [0.2, 0.25) is 0 Å². The summed E-state index contributed by atoms with van der Waals surface area (Å²) in [6, 6.07) is 7.54. The van der Waals surface area contributed by atoms with E-state index in [1.807, 2.05) is 24.3 Å². The third-order valence-corrected chi connectivity index (χ3v) is 1.92. The lowest BCUT2D eigenvalue weighted by Gasteiger charge is -1.99. The minimum atomic E-state index is -0.268. The Morgan fingerprint density at radius 1 is 1.25 bits per heavy atom. The zero-order chi connectivity index (χ0) is 9.97. The minimum Gasteiger partial charge on any atom is -0.352 e. The summed E-state index contributed by atoms with van der Waals surface area (Å²) in [4.78, 5) is 19.3. The van der Waals surface area contributed by atoms with E-state index in [4.69, 9.17) is 0 Å². The van der Waals surface area contributed by atoms with Gasteiger partial charge >= 0.3 is 0 Å². The Morgan fingerprint density at radius 2 is 1.94 bits per heavy atom. The van der Waals surface area contributed by atoms with Gasteiger partial charge in [0.1, 0.15) is 0 Å². The van der Waals surface area contributed by atoms with Crippen molar-refractivity contribution in [2.75, 3.05) is 7.05 Å². The monoisotopic (exact) mass is 259 g/mol. The molecule has 0 aliphatic heterocycles. The van der Waals surface area contributed by atoms with Gasteiger partial charge in [0.15, 0.2) is 0 Å². The summed E-state index contributed by atoms with van der Waals surface area (Å²) >= 11 is 0. The van der Waals surface area contributed by atoms with Crippen molar-refractivity contribution in [3.05, 3.63) is 36.3 Å². The first kappa shape index (κ1) is 14.6. The smallest absolute Gasteiger partial charge is 0.288 e. The first-order valence-corrected chi connectivity index (χ1v) is 4.25. The van der Waals surface area contributed by atoms with Crippen LogP contribution in [-0.4, -0.2) is 22.9 Å². The van der Waals surface area contributed by atoms with Gasteiger partial charge < -0.3 is 5.32 Å². The maximum Gasteiger partial charge on any atom is 0.288 e. The molecule has 0 aliphatic carbocycles. The maximum atomic E-state index is 11.2. The number of halogens is 2. The molecule has 1 aromatic heterocycles. The van der Waals surface area contributed by atoms with E-state index >= 15 is 0 Å². The Balaban J connectivity index is 0.00000112. The predicted octanol–water partition coefficient (Wildman–Crippen LogP) is 1.83. The first-order chi connectivity index (χ1) is 6.81. The SMILES string of the molecule is CNC(=O)c1ncc2ccccc2n1.Cl.Cl. The highest BCUT2D eigenvalue weighted by atomic mass is 35.5. The van der Waals surface area contributed by atoms with E-state index in [1.54, 1.807) is 13.2 Å². The normalized spacial score (nSPS) is 8.81. The van der Waals surface area contributed by atoms with Crippen molar-refractivity contribution in [1.82, 2.24) is 15.3 Å². The van der Waals surface area contributed by atoms with Crippen LogP contribution in [0.1, 0.15) is 10.6 Å². The predicted molar refractivity (Wildman–Crippen MR) is 67.4 cm³/mol. The number of carbonyl (C=O) groups excluding carboxylic acids is 1. The van der Waals surface area contributed by atoms with Gasteiger partial charge in [0.2, 0.25) is 5.82 Å². The first-order valence-electron chi connectivity index (χ1n) is 4.25. The van der Waals surface area contributed by atoms with E-state index in [2.05, 4.69) is 15.3 Å². The Morgan fingerprint density at radius 3 is 2.62 bits per heavy atom. The van der Waals surface area contributed by atoms with Crippen molar-refractivity contribution in [2.24, 2.45) is 0 Å². The summed E-state index contributed by atoms with van der Waals surface area (Å²) in [7, 11) is 1.56. The van der Waals surface area contributed by atoms with Crippen molar-refractivity contribution in [2.45, 2.75) is 0 Å². The van der Waals surface area contributed by atoms with Crippen LogP contribution in [0.3, 0.4) is 0 Å². The molecule has 0 saturated carbocycles. The highest BCUT2D eigenvalue weighted by Crippen LogP contribution is 2.08. The molecule has 2 aromatic rings. The van der Waals surface area contributed by atoms with E-state index in [9.17, 15) is 4.79 Å². The molecule has 0 radical (unpaired) electrons. The summed E-state index contributed by atoms with van der Waals surface area (Å²) in [6.45, 7) is 0. The molecule has 0 unspecified atom stereocenters. The van der Waals surface area contributed by atoms with Crippen LogP contribution in [0, 0.1) is 0 Å². The van der Waals surface area contributed by atoms with E-state index in [0.717, 1.165) is 10.9 Å². The second-order valence-corrected chi connectivity index (χ2v) is 2.83. The van der Waals surface area contributed by atoms with Crippen LogP contribution in [0.5, 0.6) is 0 Å². The van der Waals surface area contributed by atoms with Gasteiger partial charge in [-0.2, -0.15) is 0 Å². The van der Waals surface area contributed by atoms with E-state index in [1.165, 1.54) is 0 Å². The van der Waals surface area contributed by atoms with Crippen LogP contribution >= 0.6 is 24.8 Å². The van der Waals surface area contributed by atoms with Gasteiger partial charge in [-0.05, 0) is 6.07 Å². The molecule has 1 heterocycles. The molecule has 2 rings (SSSR count). The molecule has 0 spiro atoms. The third kappa shape index (κ3) is 2.81. The highest BCUT2D eigenvalue weighted by Gasteiger charge is 2.06. The number of nitrogens with one attached hydrogen (secondary N) is 1. The summed E-state index contributed by atoms with van der Waals surface area (Å²) < 4.78 is 0. The fourth-order valence-electron chi connectivity index (χ4n) is 1.19. The lowest BCUT2D eigenvalue weighted by Crippen LogP contribution is -2.20. The molecule has 6 heteroatoms. The number of aromatic nitrogens is 2. The molecule has 0 bridgehead atoms. The maximum absolute atomic E-state index is 11.2. The van der Waals surface area contributed by atoms with E-state index in [-0.39, 0.29) is 36.5 Å². The molecule has 1 N–H and O–H groups in total. The molecule has 0 fully saturated rings. The molecule has 1 aromatic carbocycles. The van der Waals surface area contributed by atoms with Gasteiger partial charge in [0.05, 0.1) is 5.52 Å². The van der Waals surface area contributed by atoms with Crippen molar-refractivity contribution >= 4 is 41.6 Å². The number of benzene rings is 1. The quantitative estimate of drug-likeness (QED) is 0.851. The Hall–Kier alpha value is -1.39. The van der Waals surface area contributed by atoms with Crippen LogP contribution < -0.4 is 5.32 Å². The van der Waals surface area contributed by atoms with Gasteiger partial charge in [0, 0.05) is 18.6 Å². The molecule has 86 valence electrons. The number of nitrogens with zero attached hydrogens (tertiary/aromatic N) is 2. The lowest BCUT2D eigenvalue weighted by atomic mass is 10.2. The number of amides is 1. The van der Waals surface area contributed by atoms with E-state index in [0.29, 0.717) is 0 Å². The Labute approximate surface area is 105 Å². The van der Waals surface area contributed by atoms with Gasteiger partial charge in [0.25, 0.3) is 5.91 Å². The zero-order valence-electron chi connectivity index (χ0n) is 8.51. The standard InChI is InChI=1S/C10H9N3O.2ClH/c1-11-10(14)9-12-6-7-4-2-3-5-8(7)13-9;;/h2-6H,1H3,(H,11,14);2*1H. The number of fused-ring (bicyclic) bond motifs is 1. The number of hydrogen-bond donors (Lipinski definition) is 1. The number of para-hydroxylation sites is 1. The summed E-state index contributed by atoms with van der Waals surface area (Å²) in [6.07, 6.45) is 1.65. The molecule has 4 nitrogen and oxygen atoms in total. The van der Waals surface area contributed by atoms with Crippen molar-refractivity contribution < 1.29 is 4.79 Å². The largest absolute Gasteiger partial charge is 0.352 e. The van der Waals surface area contributed by atoms with Gasteiger partial charge in [-0.15, -0.1) is 24.8 Å². The van der Waals surface area contributed by atoms with Gasteiger partial charge in [-0.25, -0.2) is 9.97 Å². The van der Waals surface area contributed by atoms with Crippen LogP contribution in [0.25, 0.3) is 10.9 Å². The molecule has 16 heavy (non-hydrogen) atoms. The fraction of sp³-hybridized carbons (Fsp3) is 0.100. The third-order valence-electron chi connectivity index (χ3n) is 1.92. The Bertz CT molecular complexity index is 490. The summed E-state index contributed by atoms with van der Waals surface area (Å²) in [5.41, 5.74) is 0.779. The second kappa shape index (κ2) is 6.25. The molecule has 0 aliphatic rings. The van der Waals surface area contributed by atoms with Gasteiger partial charge in [-0.3, -0.25) is 4.79 Å². The number of rotatable bonds is 1. The number of carbonyl (C=O) groups is 1. The highest BCUT2D eigenvalue weighted by molar-refractivity contribution is 5.92. The minimum absolute atomic E-state index is 0. The van der Waals surface area contributed by atoms with Crippen molar-refractivity contribution in [1.29, 1.82) is 0 Å². The van der Waals surface area contributed by atoms with E-state index < -0.39 is 0 Å². The Kier molecular flexibility index (Phi) is 5.71. The van der Waals surface area contributed by atoms with Crippen molar-refractivity contribution in [3.63, 3.8) is 0 Å². The van der Waals surface area contributed by atoms with Crippen LogP contribution in [0.15, 0.2) is 30.5 Å². The molecular formula is C10H11Cl2N3O. The lowest BCUT2D eigenvalue weighted by molar-refractivity contribution is 0.0953.